The highest BCUT2D eigenvalue weighted by atomic mass is 16.6. The number of hydrogen-bond donors (Lipinski definition) is 2. The maximum absolute atomic E-state index is 12.2. The molecule has 2 N–H and O–H groups in total. The number of carbonyl (C=O) groups excluding carboxylic acids is 1. The first-order chi connectivity index (χ1) is 16.3. The summed E-state index contributed by atoms with van der Waals surface area (Å²) in [6, 6.07) is 13.9. The zero-order chi connectivity index (χ0) is 24.7. The van der Waals surface area contributed by atoms with Crippen LogP contribution in [0.2, 0.25) is 0 Å². The lowest BCUT2D eigenvalue weighted by Crippen LogP contribution is -2.18. The van der Waals surface area contributed by atoms with Crippen LogP contribution in [0.1, 0.15) is 21.5 Å². The molecule has 174 valence electrons. The fraction of sp³-hybridized carbons (Fsp3) is 0.0909. The summed E-state index contributed by atoms with van der Waals surface area (Å²) in [4.78, 5) is 32.6. The Morgan fingerprint density at radius 2 is 1.68 bits per heavy atom. The number of hydrazone groups is 1. The normalized spacial score (nSPS) is 10.6. The Morgan fingerprint density at radius 1 is 1.00 bits per heavy atom. The number of nitro benzene ring substituents is 2. The predicted molar refractivity (Wildman–Crippen MR) is 120 cm³/mol. The van der Waals surface area contributed by atoms with Gasteiger partial charge >= 0.3 is 0 Å². The number of ether oxygens (including phenoxy) is 2. The van der Waals surface area contributed by atoms with Gasteiger partial charge in [-0.05, 0) is 47.5 Å². The number of phenols is 1. The predicted octanol–water partition coefficient (Wildman–Crippen LogP) is 3.56. The number of nitrogens with one attached hydrogen (secondary N) is 1. The third-order valence-corrected chi connectivity index (χ3v) is 4.54. The number of carbonyl (C=O) groups is 1. The lowest BCUT2D eigenvalue weighted by molar-refractivity contribution is -0.385. The van der Waals surface area contributed by atoms with Gasteiger partial charge in [0.15, 0.2) is 11.5 Å². The van der Waals surface area contributed by atoms with Crippen LogP contribution in [0.5, 0.6) is 17.2 Å². The van der Waals surface area contributed by atoms with Gasteiger partial charge in [0.25, 0.3) is 17.3 Å². The van der Waals surface area contributed by atoms with Crippen molar-refractivity contribution in [3.63, 3.8) is 0 Å². The SMILES string of the molecule is COc1cc(/C=N/NC(=O)c2cc([N+](=O)[O-])ccc2O)ccc1OCc1ccc([N+](=O)[O-])cc1. The molecule has 0 atom stereocenters. The van der Waals surface area contributed by atoms with Crippen LogP contribution in [0, 0.1) is 20.2 Å². The number of hydrogen-bond acceptors (Lipinski definition) is 9. The number of benzene rings is 3. The molecule has 3 aromatic carbocycles. The highest BCUT2D eigenvalue weighted by Gasteiger charge is 2.16. The van der Waals surface area contributed by atoms with E-state index in [0.29, 0.717) is 17.1 Å². The molecule has 1 amide bonds. The van der Waals surface area contributed by atoms with Crippen molar-refractivity contribution in [2.45, 2.75) is 6.61 Å². The second-order valence-electron chi connectivity index (χ2n) is 6.78. The molecule has 0 aromatic heterocycles. The average Bonchev–Trinajstić information content (AvgIpc) is 2.83. The van der Waals surface area contributed by atoms with E-state index in [2.05, 4.69) is 10.5 Å². The first kappa shape index (κ1) is 23.7. The number of aromatic hydroxyl groups is 1. The van der Waals surface area contributed by atoms with Gasteiger partial charge in [0.1, 0.15) is 12.4 Å². The van der Waals surface area contributed by atoms with Gasteiger partial charge in [-0.2, -0.15) is 5.10 Å². The number of nitrogens with zero attached hydrogens (tertiary/aromatic N) is 3. The molecule has 0 radical (unpaired) electrons. The Balaban J connectivity index is 1.65. The number of rotatable bonds is 9. The van der Waals surface area contributed by atoms with Crippen LogP contribution in [-0.2, 0) is 6.61 Å². The van der Waals surface area contributed by atoms with E-state index in [1.807, 2.05) is 0 Å². The van der Waals surface area contributed by atoms with Crippen molar-refractivity contribution in [3.05, 3.63) is 97.6 Å². The minimum atomic E-state index is -0.826. The van der Waals surface area contributed by atoms with E-state index in [9.17, 15) is 30.1 Å². The number of non-ortho nitro benzene ring substituents is 2. The zero-order valence-corrected chi connectivity index (χ0v) is 17.7. The lowest BCUT2D eigenvalue weighted by atomic mass is 10.1. The van der Waals surface area contributed by atoms with E-state index in [1.165, 1.54) is 25.5 Å². The maximum Gasteiger partial charge on any atom is 0.275 e. The van der Waals surface area contributed by atoms with Gasteiger partial charge in [0.2, 0.25) is 0 Å². The third kappa shape index (κ3) is 5.82. The summed E-state index contributed by atoms with van der Waals surface area (Å²) in [6.45, 7) is 0.157. The summed E-state index contributed by atoms with van der Waals surface area (Å²) in [5.41, 5.74) is 2.81. The molecule has 0 fully saturated rings. The second-order valence-corrected chi connectivity index (χ2v) is 6.78. The molecule has 34 heavy (non-hydrogen) atoms. The molecule has 0 unspecified atom stereocenters. The van der Waals surface area contributed by atoms with Crippen molar-refractivity contribution >= 4 is 23.5 Å². The van der Waals surface area contributed by atoms with Gasteiger partial charge in [0.05, 0.1) is 28.7 Å². The molecule has 0 aliphatic heterocycles. The minimum absolute atomic E-state index is 0.0160. The fourth-order valence-corrected chi connectivity index (χ4v) is 2.80. The van der Waals surface area contributed by atoms with Crippen LogP contribution in [0.4, 0.5) is 11.4 Å². The van der Waals surface area contributed by atoms with Crippen molar-refractivity contribution in [2.24, 2.45) is 5.10 Å². The van der Waals surface area contributed by atoms with Crippen molar-refractivity contribution in [1.82, 2.24) is 5.43 Å². The van der Waals surface area contributed by atoms with Gasteiger partial charge in [-0.25, -0.2) is 5.43 Å². The van der Waals surface area contributed by atoms with Crippen molar-refractivity contribution < 1.29 is 29.2 Å². The number of nitro groups is 2. The molecule has 12 nitrogen and oxygen atoms in total. The molecule has 0 heterocycles. The summed E-state index contributed by atoms with van der Waals surface area (Å²) < 4.78 is 11.0. The average molecular weight is 466 g/mol. The van der Waals surface area contributed by atoms with Gasteiger partial charge in [-0.15, -0.1) is 0 Å². The van der Waals surface area contributed by atoms with Crippen molar-refractivity contribution in [2.75, 3.05) is 7.11 Å². The molecule has 0 aliphatic rings. The van der Waals surface area contributed by atoms with Gasteiger partial charge in [-0.1, -0.05) is 0 Å². The third-order valence-electron chi connectivity index (χ3n) is 4.54. The Hall–Kier alpha value is -5.00. The van der Waals surface area contributed by atoms with E-state index in [4.69, 9.17) is 9.47 Å². The highest BCUT2D eigenvalue weighted by Crippen LogP contribution is 2.28. The van der Waals surface area contributed by atoms with Crippen LogP contribution in [0.15, 0.2) is 65.8 Å². The number of methoxy groups -OCH3 is 1. The molecule has 0 saturated carbocycles. The molecular weight excluding hydrogens is 448 g/mol. The van der Waals surface area contributed by atoms with Crippen molar-refractivity contribution in [1.29, 1.82) is 0 Å². The first-order valence-electron chi connectivity index (χ1n) is 9.63. The molecular formula is C22H18N4O8. The van der Waals surface area contributed by atoms with E-state index < -0.39 is 21.5 Å². The standard InChI is InChI=1S/C22H18N4O8/c1-33-21-10-15(4-9-20(21)34-13-14-2-5-16(6-3-14)25(29)30)12-23-24-22(28)18-11-17(26(31)32)7-8-19(18)27/h2-12,27H,13H2,1H3,(H,24,28)/b23-12+. The monoisotopic (exact) mass is 466 g/mol. The van der Waals surface area contributed by atoms with Crippen LogP contribution in [0.25, 0.3) is 0 Å². The summed E-state index contributed by atoms with van der Waals surface area (Å²) >= 11 is 0. The van der Waals surface area contributed by atoms with Crippen LogP contribution in [0.3, 0.4) is 0 Å². The van der Waals surface area contributed by atoms with Gasteiger partial charge in [-0.3, -0.25) is 25.0 Å². The fourth-order valence-electron chi connectivity index (χ4n) is 2.80. The molecule has 12 heteroatoms. The first-order valence-corrected chi connectivity index (χ1v) is 9.63. The Kier molecular flexibility index (Phi) is 7.34. The van der Waals surface area contributed by atoms with Gasteiger partial charge < -0.3 is 14.6 Å². The van der Waals surface area contributed by atoms with Gasteiger partial charge in [0, 0.05) is 24.3 Å². The van der Waals surface area contributed by atoms with Crippen molar-refractivity contribution in [3.8, 4) is 17.2 Å². The summed E-state index contributed by atoms with van der Waals surface area (Å²) in [5, 5.41) is 35.2. The van der Waals surface area contributed by atoms with E-state index in [-0.39, 0.29) is 23.5 Å². The Labute approximate surface area is 192 Å². The molecule has 0 bridgehead atoms. The highest BCUT2D eigenvalue weighted by molar-refractivity contribution is 5.98. The number of amides is 1. The largest absolute Gasteiger partial charge is 0.507 e. The van der Waals surface area contributed by atoms with E-state index in [1.54, 1.807) is 30.3 Å². The summed E-state index contributed by atoms with van der Waals surface area (Å²) in [6.07, 6.45) is 1.31. The quantitative estimate of drug-likeness (QED) is 0.274. The molecule has 3 aromatic rings. The molecule has 0 spiro atoms. The summed E-state index contributed by atoms with van der Waals surface area (Å²) in [5.74, 6) is -0.445. The van der Waals surface area contributed by atoms with E-state index >= 15 is 0 Å². The number of phenolic OH excluding ortho intramolecular Hbond substituents is 1. The van der Waals surface area contributed by atoms with E-state index in [0.717, 1.165) is 23.8 Å². The van der Waals surface area contributed by atoms with Crippen LogP contribution < -0.4 is 14.9 Å². The maximum atomic E-state index is 12.2. The second kappa shape index (κ2) is 10.5. The Bertz CT molecular complexity index is 1260. The van der Waals surface area contributed by atoms with Crippen LogP contribution in [-0.4, -0.2) is 34.2 Å². The lowest BCUT2D eigenvalue weighted by Gasteiger charge is -2.11. The molecule has 3 rings (SSSR count). The zero-order valence-electron chi connectivity index (χ0n) is 17.7. The smallest absolute Gasteiger partial charge is 0.275 e. The Morgan fingerprint density at radius 3 is 2.32 bits per heavy atom. The topological polar surface area (TPSA) is 166 Å². The van der Waals surface area contributed by atoms with Crippen LogP contribution >= 0.6 is 0 Å². The molecule has 0 aliphatic carbocycles. The molecule has 0 saturated heterocycles. The minimum Gasteiger partial charge on any atom is -0.507 e. The summed E-state index contributed by atoms with van der Waals surface area (Å²) in [7, 11) is 1.45.